The second-order valence-corrected chi connectivity index (χ2v) is 10.9. The summed E-state index contributed by atoms with van der Waals surface area (Å²) in [6.07, 6.45) is -0.752. The minimum atomic E-state index is -0.721. The van der Waals surface area contributed by atoms with Crippen LogP contribution in [0.3, 0.4) is 0 Å². The first-order valence-corrected chi connectivity index (χ1v) is 13.7. The number of nitrogens with zero attached hydrogens (tertiary/aromatic N) is 1. The minimum absolute atomic E-state index is 0.0824. The molecule has 1 fully saturated rings. The number of benzene rings is 3. The second-order valence-electron chi connectivity index (χ2n) is 10.9. The zero-order valence-electron chi connectivity index (χ0n) is 23.5. The van der Waals surface area contributed by atoms with Crippen LogP contribution in [0.4, 0.5) is 4.79 Å². The van der Waals surface area contributed by atoms with Gasteiger partial charge in [-0.3, -0.25) is 4.90 Å². The minimum Gasteiger partial charge on any atom is -0.444 e. The third kappa shape index (κ3) is 8.24. The van der Waals surface area contributed by atoms with E-state index in [4.69, 9.17) is 18.9 Å². The van der Waals surface area contributed by atoms with Crippen LogP contribution in [0.25, 0.3) is 0 Å². The Morgan fingerprint density at radius 2 is 1.18 bits per heavy atom. The number of aldehydes is 1. The van der Waals surface area contributed by atoms with Crippen LogP contribution in [0.15, 0.2) is 91.0 Å². The van der Waals surface area contributed by atoms with Crippen LogP contribution in [0.2, 0.25) is 0 Å². The molecule has 1 heterocycles. The topological polar surface area (TPSA) is 74.3 Å². The summed E-state index contributed by atoms with van der Waals surface area (Å²) in [6.45, 7) is 6.66. The Morgan fingerprint density at radius 1 is 0.725 bits per heavy atom. The van der Waals surface area contributed by atoms with Crippen molar-refractivity contribution >= 4 is 12.4 Å². The van der Waals surface area contributed by atoms with Crippen molar-refractivity contribution in [2.75, 3.05) is 6.61 Å². The maximum atomic E-state index is 13.7. The fourth-order valence-corrected chi connectivity index (χ4v) is 4.92. The van der Waals surface area contributed by atoms with Crippen molar-refractivity contribution in [3.8, 4) is 0 Å². The zero-order valence-corrected chi connectivity index (χ0v) is 23.5. The number of carbonyl (C=O) groups excluding carboxylic acids is 2. The molecule has 1 amide bonds. The summed E-state index contributed by atoms with van der Waals surface area (Å²) in [5.41, 5.74) is 2.28. The highest BCUT2D eigenvalue weighted by molar-refractivity contribution is 5.71. The largest absolute Gasteiger partial charge is 0.444 e. The van der Waals surface area contributed by atoms with E-state index in [9.17, 15) is 9.59 Å². The van der Waals surface area contributed by atoms with E-state index < -0.39 is 36.0 Å². The SMILES string of the molecule is CC(C)(C)OC(=O)N1C(CC=O)C(OCc2ccccc2)C(OCc2ccccc2)C1COCc1ccccc1. The molecular weight excluding hydrogens is 506 g/mol. The van der Waals surface area contributed by atoms with Gasteiger partial charge < -0.3 is 23.7 Å². The Balaban J connectivity index is 1.64. The molecule has 1 aliphatic heterocycles. The molecule has 0 aromatic heterocycles. The third-order valence-corrected chi connectivity index (χ3v) is 6.71. The standard InChI is InChI=1S/C33H39NO6/c1-33(2,3)40-32(36)34-28(19-20-35)30(38-22-26-15-9-5-10-16-26)31(39-23-27-17-11-6-12-18-27)29(34)24-37-21-25-13-7-4-8-14-25/h4-18,20,28-31H,19,21-24H2,1-3H3. The van der Waals surface area contributed by atoms with Gasteiger partial charge in [0.2, 0.25) is 0 Å². The summed E-state index contributed by atoms with van der Waals surface area (Å²) in [4.78, 5) is 27.2. The first-order chi connectivity index (χ1) is 19.4. The molecule has 40 heavy (non-hydrogen) atoms. The number of hydrogen-bond donors (Lipinski definition) is 0. The average molecular weight is 546 g/mol. The Bertz CT molecular complexity index is 1180. The van der Waals surface area contributed by atoms with Crippen molar-refractivity contribution < 1.29 is 28.5 Å². The highest BCUT2D eigenvalue weighted by Gasteiger charge is 2.53. The zero-order chi connectivity index (χ0) is 28.4. The summed E-state index contributed by atoms with van der Waals surface area (Å²) in [5.74, 6) is 0. The summed E-state index contributed by atoms with van der Waals surface area (Å²) < 4.78 is 25.0. The van der Waals surface area contributed by atoms with Crippen LogP contribution in [-0.4, -0.2) is 53.8 Å². The van der Waals surface area contributed by atoms with E-state index in [0.29, 0.717) is 19.8 Å². The lowest BCUT2D eigenvalue weighted by Crippen LogP contribution is -2.48. The van der Waals surface area contributed by atoms with Crippen LogP contribution in [0, 0.1) is 0 Å². The molecule has 4 atom stereocenters. The number of amides is 1. The van der Waals surface area contributed by atoms with E-state index in [0.717, 1.165) is 23.0 Å². The molecule has 0 aliphatic carbocycles. The Morgan fingerprint density at radius 3 is 1.62 bits per heavy atom. The molecule has 7 nitrogen and oxygen atoms in total. The molecule has 4 rings (SSSR count). The molecule has 4 unspecified atom stereocenters. The van der Waals surface area contributed by atoms with Gasteiger partial charge in [-0.1, -0.05) is 91.0 Å². The van der Waals surface area contributed by atoms with Gasteiger partial charge in [-0.15, -0.1) is 0 Å². The monoisotopic (exact) mass is 545 g/mol. The lowest BCUT2D eigenvalue weighted by molar-refractivity contribution is -0.111. The molecule has 3 aromatic carbocycles. The fraction of sp³-hybridized carbons (Fsp3) is 0.394. The van der Waals surface area contributed by atoms with Crippen molar-refractivity contribution in [2.24, 2.45) is 0 Å². The number of ether oxygens (including phenoxy) is 4. The number of rotatable bonds is 12. The van der Waals surface area contributed by atoms with E-state index in [1.54, 1.807) is 4.90 Å². The second kappa shape index (κ2) is 14.2. The lowest BCUT2D eigenvalue weighted by atomic mass is 10.1. The van der Waals surface area contributed by atoms with Crippen LogP contribution >= 0.6 is 0 Å². The molecule has 0 radical (unpaired) electrons. The molecule has 7 heteroatoms. The van der Waals surface area contributed by atoms with Crippen molar-refractivity contribution in [1.29, 1.82) is 0 Å². The molecule has 0 bridgehead atoms. The Kier molecular flexibility index (Phi) is 10.5. The smallest absolute Gasteiger partial charge is 0.411 e. The quantitative estimate of drug-likeness (QED) is 0.262. The average Bonchev–Trinajstić information content (AvgIpc) is 3.23. The van der Waals surface area contributed by atoms with E-state index in [2.05, 4.69) is 0 Å². The van der Waals surface area contributed by atoms with Gasteiger partial charge in [-0.05, 0) is 37.5 Å². The molecule has 1 aliphatic rings. The predicted octanol–water partition coefficient (Wildman–Crippen LogP) is 5.95. The highest BCUT2D eigenvalue weighted by atomic mass is 16.6. The van der Waals surface area contributed by atoms with E-state index in [1.807, 2.05) is 112 Å². The number of likely N-dealkylation sites (tertiary alicyclic amines) is 1. The Hall–Kier alpha value is -3.52. The molecule has 0 spiro atoms. The van der Waals surface area contributed by atoms with Gasteiger partial charge in [-0.2, -0.15) is 0 Å². The van der Waals surface area contributed by atoms with E-state index in [-0.39, 0.29) is 13.0 Å². The first-order valence-electron chi connectivity index (χ1n) is 13.7. The number of hydrogen-bond acceptors (Lipinski definition) is 6. The van der Waals surface area contributed by atoms with Crippen LogP contribution in [0.5, 0.6) is 0 Å². The molecule has 1 saturated heterocycles. The first kappa shape index (κ1) is 29.5. The van der Waals surface area contributed by atoms with Crippen molar-refractivity contribution in [1.82, 2.24) is 4.90 Å². The lowest BCUT2D eigenvalue weighted by Gasteiger charge is -2.32. The highest BCUT2D eigenvalue weighted by Crippen LogP contribution is 2.34. The number of carbonyl (C=O) groups is 2. The van der Waals surface area contributed by atoms with Gasteiger partial charge in [0.05, 0.1) is 38.5 Å². The molecule has 0 saturated carbocycles. The van der Waals surface area contributed by atoms with Gasteiger partial charge in [0.15, 0.2) is 0 Å². The van der Waals surface area contributed by atoms with Gasteiger partial charge in [0.25, 0.3) is 0 Å². The molecule has 3 aromatic rings. The van der Waals surface area contributed by atoms with Gasteiger partial charge in [0, 0.05) is 6.42 Å². The van der Waals surface area contributed by atoms with E-state index in [1.165, 1.54) is 0 Å². The summed E-state index contributed by atoms with van der Waals surface area (Å²) in [7, 11) is 0. The predicted molar refractivity (Wildman–Crippen MR) is 152 cm³/mol. The van der Waals surface area contributed by atoms with Crippen LogP contribution in [-0.2, 0) is 43.6 Å². The maximum absolute atomic E-state index is 13.7. The normalized spacial score (nSPS) is 20.8. The summed E-state index contributed by atoms with van der Waals surface area (Å²) in [5, 5.41) is 0. The van der Waals surface area contributed by atoms with E-state index >= 15 is 0 Å². The Labute approximate surface area is 237 Å². The van der Waals surface area contributed by atoms with Crippen molar-refractivity contribution in [3.05, 3.63) is 108 Å². The summed E-state index contributed by atoms with van der Waals surface area (Å²) in [6, 6.07) is 28.4. The molecule has 0 N–H and O–H groups in total. The van der Waals surface area contributed by atoms with Crippen LogP contribution < -0.4 is 0 Å². The van der Waals surface area contributed by atoms with Crippen molar-refractivity contribution in [2.45, 2.75) is 76.9 Å². The molecule has 212 valence electrons. The van der Waals surface area contributed by atoms with Gasteiger partial charge >= 0.3 is 6.09 Å². The van der Waals surface area contributed by atoms with Gasteiger partial charge in [-0.25, -0.2) is 4.79 Å². The van der Waals surface area contributed by atoms with Crippen LogP contribution in [0.1, 0.15) is 43.9 Å². The maximum Gasteiger partial charge on any atom is 0.411 e. The van der Waals surface area contributed by atoms with Gasteiger partial charge in [0.1, 0.15) is 24.1 Å². The van der Waals surface area contributed by atoms with Crippen molar-refractivity contribution in [3.63, 3.8) is 0 Å². The molecular formula is C33H39NO6. The fourth-order valence-electron chi connectivity index (χ4n) is 4.92. The summed E-state index contributed by atoms with van der Waals surface area (Å²) >= 11 is 0. The third-order valence-electron chi connectivity index (χ3n) is 6.71.